The molecule has 1 aliphatic rings. The number of rotatable bonds is 5. The Bertz CT molecular complexity index is 736. The molecule has 124 valence electrons. The number of ether oxygens (including phenoxy) is 1. The molecule has 0 aromatic heterocycles. The fourth-order valence-corrected chi connectivity index (χ4v) is 3.44. The average Bonchev–Trinajstić information content (AvgIpc) is 3.11. The number of benzene rings is 2. The van der Waals surface area contributed by atoms with E-state index < -0.39 is 10.3 Å². The van der Waals surface area contributed by atoms with E-state index >= 15 is 0 Å². The van der Waals surface area contributed by atoms with Gasteiger partial charge in [0.2, 0.25) is 0 Å². The van der Waals surface area contributed by atoms with Crippen LogP contribution in [0.15, 0.2) is 54.6 Å². The highest BCUT2D eigenvalue weighted by Crippen LogP contribution is 2.42. The van der Waals surface area contributed by atoms with Crippen LogP contribution in [0.3, 0.4) is 0 Å². The van der Waals surface area contributed by atoms with Gasteiger partial charge in [0.05, 0.1) is 15.9 Å². The summed E-state index contributed by atoms with van der Waals surface area (Å²) in [5.74, 6) is -0.288. The highest BCUT2D eigenvalue weighted by Gasteiger charge is 2.44. The first kappa shape index (κ1) is 16.2. The first-order valence-electron chi connectivity index (χ1n) is 8.08. The van der Waals surface area contributed by atoms with Gasteiger partial charge < -0.3 is 4.74 Å². The number of hydrogen-bond acceptors (Lipinski definition) is 4. The maximum atomic E-state index is 12.8. The third-order valence-corrected chi connectivity index (χ3v) is 4.72. The topological polar surface area (TPSA) is 69.4 Å². The Kier molecular flexibility index (Phi) is 4.60. The van der Waals surface area contributed by atoms with Crippen molar-refractivity contribution in [3.63, 3.8) is 0 Å². The van der Waals surface area contributed by atoms with Crippen molar-refractivity contribution >= 4 is 11.7 Å². The molecule has 0 N–H and O–H groups in total. The van der Waals surface area contributed by atoms with Crippen molar-refractivity contribution in [2.75, 3.05) is 0 Å². The van der Waals surface area contributed by atoms with Crippen LogP contribution in [0.25, 0.3) is 0 Å². The van der Waals surface area contributed by atoms with Crippen LogP contribution in [0.5, 0.6) is 0 Å². The van der Waals surface area contributed by atoms with Gasteiger partial charge in [0.25, 0.3) is 5.69 Å². The summed E-state index contributed by atoms with van der Waals surface area (Å²) in [5, 5.41) is 11.1. The Morgan fingerprint density at radius 1 is 1.04 bits per heavy atom. The number of esters is 1. The van der Waals surface area contributed by atoms with Gasteiger partial charge >= 0.3 is 5.97 Å². The van der Waals surface area contributed by atoms with Gasteiger partial charge in [-0.1, -0.05) is 55.3 Å². The molecule has 0 bridgehead atoms. The van der Waals surface area contributed by atoms with E-state index in [1.165, 1.54) is 6.07 Å². The van der Waals surface area contributed by atoms with Crippen LogP contribution in [-0.4, -0.2) is 10.9 Å². The van der Waals surface area contributed by atoms with Crippen LogP contribution < -0.4 is 0 Å². The molecule has 0 aliphatic heterocycles. The number of carbonyl (C=O) groups excluding carboxylic acids is 1. The van der Waals surface area contributed by atoms with Crippen molar-refractivity contribution in [2.24, 2.45) is 0 Å². The number of hydrogen-bond donors (Lipinski definition) is 0. The van der Waals surface area contributed by atoms with Crippen LogP contribution >= 0.6 is 0 Å². The summed E-state index contributed by atoms with van der Waals surface area (Å²) < 4.78 is 5.52. The van der Waals surface area contributed by atoms with Crippen molar-refractivity contribution < 1.29 is 14.5 Å². The minimum absolute atomic E-state index is 0.0227. The Labute approximate surface area is 140 Å². The van der Waals surface area contributed by atoms with E-state index in [4.69, 9.17) is 4.74 Å². The second-order valence-corrected chi connectivity index (χ2v) is 6.12. The van der Waals surface area contributed by atoms with Gasteiger partial charge in [-0.3, -0.25) is 14.9 Å². The van der Waals surface area contributed by atoms with E-state index in [9.17, 15) is 14.9 Å². The zero-order valence-corrected chi connectivity index (χ0v) is 13.3. The third kappa shape index (κ3) is 3.02. The summed E-state index contributed by atoms with van der Waals surface area (Å²) in [6.45, 7) is -0.0788. The second-order valence-electron chi connectivity index (χ2n) is 6.12. The van der Waals surface area contributed by atoms with Gasteiger partial charge in [0.15, 0.2) is 0 Å². The molecule has 2 aromatic carbocycles. The molecule has 0 saturated heterocycles. The fourth-order valence-electron chi connectivity index (χ4n) is 3.44. The molecule has 1 aliphatic carbocycles. The highest BCUT2D eigenvalue weighted by molar-refractivity contribution is 5.83. The number of nitro benzene ring substituents is 1. The Morgan fingerprint density at radius 2 is 1.67 bits per heavy atom. The summed E-state index contributed by atoms with van der Waals surface area (Å²) in [4.78, 5) is 23.4. The van der Waals surface area contributed by atoms with Crippen LogP contribution in [0.4, 0.5) is 5.69 Å². The number of para-hydroxylation sites is 1. The first-order chi connectivity index (χ1) is 11.6. The molecule has 1 fully saturated rings. The Hall–Kier alpha value is -2.69. The lowest BCUT2D eigenvalue weighted by Gasteiger charge is -2.27. The van der Waals surface area contributed by atoms with Crippen LogP contribution in [0.2, 0.25) is 0 Å². The van der Waals surface area contributed by atoms with Gasteiger partial charge in [-0.15, -0.1) is 0 Å². The quantitative estimate of drug-likeness (QED) is 0.470. The molecule has 3 rings (SSSR count). The summed E-state index contributed by atoms with van der Waals surface area (Å²) in [7, 11) is 0. The van der Waals surface area contributed by atoms with Crippen LogP contribution in [-0.2, 0) is 21.6 Å². The summed E-state index contributed by atoms with van der Waals surface area (Å²) in [6.07, 6.45) is 3.48. The van der Waals surface area contributed by atoms with E-state index in [2.05, 4.69) is 0 Å². The predicted molar refractivity (Wildman–Crippen MR) is 89.5 cm³/mol. The lowest BCUT2D eigenvalue weighted by Crippen LogP contribution is -2.34. The van der Waals surface area contributed by atoms with E-state index in [0.29, 0.717) is 5.56 Å². The molecule has 0 spiro atoms. The second kappa shape index (κ2) is 6.83. The Morgan fingerprint density at radius 3 is 2.33 bits per heavy atom. The molecular weight excluding hydrogens is 306 g/mol. The number of nitrogens with zero attached hydrogens (tertiary/aromatic N) is 1. The maximum absolute atomic E-state index is 12.8. The van der Waals surface area contributed by atoms with Crippen molar-refractivity contribution in [1.82, 2.24) is 0 Å². The molecule has 0 unspecified atom stereocenters. The minimum atomic E-state index is -0.620. The lowest BCUT2D eigenvalue weighted by atomic mass is 9.79. The fraction of sp³-hybridized carbons (Fsp3) is 0.316. The smallest absolute Gasteiger partial charge is 0.316 e. The van der Waals surface area contributed by atoms with Crippen molar-refractivity contribution in [2.45, 2.75) is 37.7 Å². The van der Waals surface area contributed by atoms with Gasteiger partial charge in [-0.2, -0.15) is 0 Å². The SMILES string of the molecule is O=C(OCc1ccccc1[N+](=O)[O-])C1(c2ccccc2)CCCC1. The molecule has 5 heteroatoms. The minimum Gasteiger partial charge on any atom is -0.460 e. The van der Waals surface area contributed by atoms with E-state index in [-0.39, 0.29) is 18.3 Å². The van der Waals surface area contributed by atoms with Gasteiger partial charge in [-0.25, -0.2) is 0 Å². The number of carbonyl (C=O) groups is 1. The first-order valence-corrected chi connectivity index (χ1v) is 8.08. The van der Waals surface area contributed by atoms with Gasteiger partial charge in [-0.05, 0) is 24.5 Å². The molecule has 0 atom stereocenters. The van der Waals surface area contributed by atoms with Gasteiger partial charge in [0.1, 0.15) is 6.61 Å². The molecule has 2 aromatic rings. The largest absolute Gasteiger partial charge is 0.460 e. The number of nitro groups is 1. The molecule has 0 radical (unpaired) electrons. The monoisotopic (exact) mass is 325 g/mol. The molecule has 24 heavy (non-hydrogen) atoms. The zero-order valence-electron chi connectivity index (χ0n) is 13.3. The summed E-state index contributed by atoms with van der Waals surface area (Å²) in [5.41, 5.74) is 0.739. The highest BCUT2D eigenvalue weighted by atomic mass is 16.6. The standard InChI is InChI=1S/C19H19NO4/c21-18(24-14-15-8-4-5-11-17(15)20(22)23)19(12-6-7-13-19)16-9-2-1-3-10-16/h1-5,8-11H,6-7,12-14H2. The molecule has 0 amide bonds. The van der Waals surface area contributed by atoms with Crippen molar-refractivity contribution in [1.29, 1.82) is 0 Å². The van der Waals surface area contributed by atoms with Crippen LogP contribution in [0, 0.1) is 10.1 Å². The van der Waals surface area contributed by atoms with Crippen LogP contribution in [0.1, 0.15) is 36.8 Å². The zero-order chi connectivity index (χ0) is 17.0. The van der Waals surface area contributed by atoms with Gasteiger partial charge in [0, 0.05) is 6.07 Å². The Balaban J connectivity index is 1.80. The molecule has 1 saturated carbocycles. The summed E-state index contributed by atoms with van der Waals surface area (Å²) in [6, 6.07) is 16.0. The van der Waals surface area contributed by atoms with Crippen molar-refractivity contribution in [3.05, 3.63) is 75.8 Å². The summed E-state index contributed by atoms with van der Waals surface area (Å²) >= 11 is 0. The maximum Gasteiger partial charge on any atom is 0.316 e. The normalized spacial score (nSPS) is 15.8. The molecule has 5 nitrogen and oxygen atoms in total. The van der Waals surface area contributed by atoms with E-state index in [1.807, 2.05) is 30.3 Å². The molecule has 0 heterocycles. The molecular formula is C19H19NO4. The van der Waals surface area contributed by atoms with E-state index in [0.717, 1.165) is 31.2 Å². The van der Waals surface area contributed by atoms with Crippen molar-refractivity contribution in [3.8, 4) is 0 Å². The third-order valence-electron chi connectivity index (χ3n) is 4.72. The lowest BCUT2D eigenvalue weighted by molar-refractivity contribution is -0.385. The van der Waals surface area contributed by atoms with E-state index in [1.54, 1.807) is 18.2 Å². The average molecular weight is 325 g/mol. The predicted octanol–water partition coefficient (Wildman–Crippen LogP) is 4.15.